The number of carbonyl (C=O) groups is 1. The predicted molar refractivity (Wildman–Crippen MR) is 93.8 cm³/mol. The quantitative estimate of drug-likeness (QED) is 0.787. The van der Waals surface area contributed by atoms with Crippen molar-refractivity contribution in [3.8, 4) is 0 Å². The number of H-pyrrole nitrogens is 1. The first kappa shape index (κ1) is 17.6. The van der Waals surface area contributed by atoms with Crippen LogP contribution in [0, 0.1) is 0 Å². The highest BCUT2D eigenvalue weighted by Crippen LogP contribution is 2.20. The first-order valence-corrected chi connectivity index (χ1v) is 8.41. The third-order valence-electron chi connectivity index (χ3n) is 4.96. The molecule has 1 aliphatic rings. The molecule has 0 saturated carbocycles. The fourth-order valence-electron chi connectivity index (χ4n) is 3.16. The Hall–Kier alpha value is -2.26. The molecule has 3 rings (SSSR count). The standard InChI is InChI=1S/C16H24N6O3/c1-10(11(2)23)22-12(9-21-7-5-19(3)6-8-21)17-14-13(22)15(24)18-16(25)20(14)4/h10H,5-9H2,1-4H3,(H,18,24,25). The fourth-order valence-corrected chi connectivity index (χ4v) is 3.16. The van der Waals surface area contributed by atoms with Crippen LogP contribution in [0.4, 0.5) is 0 Å². The summed E-state index contributed by atoms with van der Waals surface area (Å²) in [5.74, 6) is 0.570. The van der Waals surface area contributed by atoms with Gasteiger partial charge in [-0.05, 0) is 20.9 Å². The van der Waals surface area contributed by atoms with Gasteiger partial charge in [0.15, 0.2) is 16.9 Å². The summed E-state index contributed by atoms with van der Waals surface area (Å²) in [5, 5.41) is 0. The van der Waals surface area contributed by atoms with E-state index in [0.717, 1.165) is 26.2 Å². The minimum Gasteiger partial charge on any atom is -0.311 e. The number of hydrogen-bond donors (Lipinski definition) is 1. The monoisotopic (exact) mass is 348 g/mol. The first-order valence-electron chi connectivity index (χ1n) is 8.41. The summed E-state index contributed by atoms with van der Waals surface area (Å²) in [5.41, 5.74) is -0.438. The number of aromatic amines is 1. The summed E-state index contributed by atoms with van der Waals surface area (Å²) in [6, 6.07) is -0.522. The molecule has 0 spiro atoms. The molecule has 1 unspecified atom stereocenters. The molecule has 136 valence electrons. The summed E-state index contributed by atoms with van der Waals surface area (Å²) in [7, 11) is 3.65. The maximum absolute atomic E-state index is 12.4. The second-order valence-electron chi connectivity index (χ2n) is 6.75. The van der Waals surface area contributed by atoms with Crippen molar-refractivity contribution in [1.29, 1.82) is 0 Å². The maximum atomic E-state index is 12.4. The molecular formula is C16H24N6O3. The fraction of sp³-hybridized carbons (Fsp3) is 0.625. The molecule has 2 aromatic heterocycles. The van der Waals surface area contributed by atoms with Gasteiger partial charge >= 0.3 is 5.69 Å². The summed E-state index contributed by atoms with van der Waals surface area (Å²) in [6.07, 6.45) is 0. The third-order valence-corrected chi connectivity index (χ3v) is 4.96. The van der Waals surface area contributed by atoms with Crippen LogP contribution in [0.1, 0.15) is 25.7 Å². The number of imidazole rings is 1. The topological polar surface area (TPSA) is 96.2 Å². The van der Waals surface area contributed by atoms with Crippen molar-refractivity contribution in [2.24, 2.45) is 7.05 Å². The summed E-state index contributed by atoms with van der Waals surface area (Å²) < 4.78 is 2.99. The van der Waals surface area contributed by atoms with Crippen LogP contribution in [0.2, 0.25) is 0 Å². The number of nitrogens with zero attached hydrogens (tertiary/aromatic N) is 5. The lowest BCUT2D eigenvalue weighted by Crippen LogP contribution is -2.44. The molecular weight excluding hydrogens is 324 g/mol. The number of likely N-dealkylation sites (N-methyl/N-ethyl adjacent to an activating group) is 1. The third kappa shape index (κ3) is 3.16. The second-order valence-corrected chi connectivity index (χ2v) is 6.75. The van der Waals surface area contributed by atoms with Crippen LogP contribution in [-0.4, -0.2) is 67.9 Å². The molecule has 0 bridgehead atoms. The predicted octanol–water partition coefficient (Wildman–Crippen LogP) is -0.679. The van der Waals surface area contributed by atoms with Crippen LogP contribution in [-0.2, 0) is 18.4 Å². The van der Waals surface area contributed by atoms with E-state index in [-0.39, 0.29) is 11.3 Å². The average Bonchev–Trinajstić information content (AvgIpc) is 2.93. The number of ketones is 1. The summed E-state index contributed by atoms with van der Waals surface area (Å²) in [6.45, 7) is 7.48. The molecule has 1 aliphatic heterocycles. The SMILES string of the molecule is CC(=O)C(C)n1c(CN2CCN(C)CC2)nc2c1c(=O)[nH]c(=O)n2C. The Morgan fingerprint density at radius 3 is 2.44 bits per heavy atom. The lowest BCUT2D eigenvalue weighted by atomic mass is 10.2. The van der Waals surface area contributed by atoms with Crippen molar-refractivity contribution in [1.82, 2.24) is 28.9 Å². The van der Waals surface area contributed by atoms with Crippen LogP contribution < -0.4 is 11.2 Å². The lowest BCUT2D eigenvalue weighted by molar-refractivity contribution is -0.119. The van der Waals surface area contributed by atoms with E-state index >= 15 is 0 Å². The highest BCUT2D eigenvalue weighted by molar-refractivity contribution is 5.82. The Kier molecular flexibility index (Phi) is 4.61. The van der Waals surface area contributed by atoms with Crippen LogP contribution in [0.15, 0.2) is 9.59 Å². The average molecular weight is 348 g/mol. The van der Waals surface area contributed by atoms with E-state index in [1.165, 1.54) is 11.5 Å². The van der Waals surface area contributed by atoms with Gasteiger partial charge in [0.1, 0.15) is 5.82 Å². The van der Waals surface area contributed by atoms with E-state index in [9.17, 15) is 14.4 Å². The van der Waals surface area contributed by atoms with E-state index < -0.39 is 17.3 Å². The molecule has 3 heterocycles. The number of Topliss-reactive ketones (excluding diaryl/α,β-unsaturated/α-hetero) is 1. The molecule has 25 heavy (non-hydrogen) atoms. The molecule has 0 amide bonds. The molecule has 1 fully saturated rings. The molecule has 1 N–H and O–H groups in total. The van der Waals surface area contributed by atoms with Gasteiger partial charge in [-0.15, -0.1) is 0 Å². The van der Waals surface area contributed by atoms with E-state index in [4.69, 9.17) is 0 Å². The molecule has 1 saturated heterocycles. The zero-order valence-electron chi connectivity index (χ0n) is 15.1. The maximum Gasteiger partial charge on any atom is 0.329 e. The molecule has 0 aliphatic carbocycles. The Morgan fingerprint density at radius 1 is 1.20 bits per heavy atom. The second kappa shape index (κ2) is 6.57. The Labute approximate surface area is 144 Å². The van der Waals surface area contributed by atoms with Gasteiger partial charge in [0.05, 0.1) is 12.6 Å². The van der Waals surface area contributed by atoms with Crippen molar-refractivity contribution in [3.63, 3.8) is 0 Å². The number of fused-ring (bicyclic) bond motifs is 1. The zero-order valence-corrected chi connectivity index (χ0v) is 15.1. The zero-order chi connectivity index (χ0) is 18.3. The number of hydrogen-bond acceptors (Lipinski definition) is 6. The van der Waals surface area contributed by atoms with Gasteiger partial charge in [-0.25, -0.2) is 9.78 Å². The number of aryl methyl sites for hydroxylation is 1. The molecule has 2 aromatic rings. The molecule has 1 atom stereocenters. The minimum absolute atomic E-state index is 0.0628. The van der Waals surface area contributed by atoms with Crippen molar-refractivity contribution in [2.75, 3.05) is 33.2 Å². The van der Waals surface area contributed by atoms with Crippen LogP contribution in [0.3, 0.4) is 0 Å². The number of piperazine rings is 1. The molecule has 0 aromatic carbocycles. The largest absolute Gasteiger partial charge is 0.329 e. The number of carbonyl (C=O) groups excluding carboxylic acids is 1. The number of rotatable bonds is 4. The van der Waals surface area contributed by atoms with Gasteiger partial charge in [0.25, 0.3) is 5.56 Å². The van der Waals surface area contributed by atoms with Gasteiger partial charge in [0, 0.05) is 33.2 Å². The Bertz CT molecular complexity index is 916. The van der Waals surface area contributed by atoms with Crippen molar-refractivity contribution < 1.29 is 4.79 Å². The van der Waals surface area contributed by atoms with E-state index in [1.54, 1.807) is 18.5 Å². The number of nitrogens with one attached hydrogen (secondary N) is 1. The normalized spacial score (nSPS) is 17.9. The molecule has 9 nitrogen and oxygen atoms in total. The number of aromatic nitrogens is 4. The first-order chi connectivity index (χ1) is 11.8. The Morgan fingerprint density at radius 2 is 1.84 bits per heavy atom. The van der Waals surface area contributed by atoms with E-state index in [0.29, 0.717) is 18.0 Å². The van der Waals surface area contributed by atoms with Crippen LogP contribution in [0.5, 0.6) is 0 Å². The van der Waals surface area contributed by atoms with Gasteiger partial charge in [-0.2, -0.15) is 0 Å². The van der Waals surface area contributed by atoms with Crippen LogP contribution >= 0.6 is 0 Å². The minimum atomic E-state index is -0.522. The molecule has 9 heteroatoms. The molecule has 0 radical (unpaired) electrons. The highest BCUT2D eigenvalue weighted by atomic mass is 16.2. The van der Waals surface area contributed by atoms with Crippen molar-refractivity contribution in [3.05, 3.63) is 26.7 Å². The van der Waals surface area contributed by atoms with Crippen molar-refractivity contribution in [2.45, 2.75) is 26.4 Å². The van der Waals surface area contributed by atoms with Gasteiger partial charge in [-0.1, -0.05) is 0 Å². The smallest absolute Gasteiger partial charge is 0.311 e. The van der Waals surface area contributed by atoms with Gasteiger partial charge < -0.3 is 9.47 Å². The van der Waals surface area contributed by atoms with Gasteiger partial charge in [0.2, 0.25) is 0 Å². The van der Waals surface area contributed by atoms with E-state index in [2.05, 4.69) is 26.8 Å². The Balaban J connectivity index is 2.13. The van der Waals surface area contributed by atoms with E-state index in [1.807, 2.05) is 0 Å². The summed E-state index contributed by atoms with van der Waals surface area (Å²) in [4.78, 5) is 47.6. The summed E-state index contributed by atoms with van der Waals surface area (Å²) >= 11 is 0. The lowest BCUT2D eigenvalue weighted by Gasteiger charge is -2.32. The van der Waals surface area contributed by atoms with Crippen LogP contribution in [0.25, 0.3) is 11.2 Å². The van der Waals surface area contributed by atoms with Crippen molar-refractivity contribution >= 4 is 16.9 Å². The highest BCUT2D eigenvalue weighted by Gasteiger charge is 2.25. The van der Waals surface area contributed by atoms with Gasteiger partial charge in [-0.3, -0.25) is 24.0 Å².